The van der Waals surface area contributed by atoms with Crippen LogP contribution in [0.5, 0.6) is 5.75 Å². The van der Waals surface area contributed by atoms with Crippen molar-refractivity contribution in [2.75, 3.05) is 25.2 Å². The minimum atomic E-state index is 0.720. The van der Waals surface area contributed by atoms with Crippen molar-refractivity contribution in [2.24, 2.45) is 5.10 Å². The van der Waals surface area contributed by atoms with Crippen LogP contribution in [0.25, 0.3) is 0 Å². The Bertz CT molecular complexity index is 1220. The summed E-state index contributed by atoms with van der Waals surface area (Å²) in [5, 5.41) is 8.51. The SMILES string of the molecule is COc1cccc(CC2=C3CN(c4cccc(Cl)c4)N=C3CCN2Cc2ccc(Cl)cc2)c1. The van der Waals surface area contributed by atoms with E-state index in [9.17, 15) is 0 Å². The first kappa shape index (κ1) is 21.9. The maximum atomic E-state index is 6.25. The number of ether oxygens (including phenoxy) is 1. The van der Waals surface area contributed by atoms with Crippen LogP contribution < -0.4 is 9.75 Å². The number of nitrogens with zero attached hydrogens (tertiary/aromatic N) is 3. The van der Waals surface area contributed by atoms with Crippen LogP contribution in [-0.2, 0) is 13.0 Å². The molecule has 0 amide bonds. The van der Waals surface area contributed by atoms with Gasteiger partial charge in [-0.05, 0) is 53.6 Å². The Hall–Kier alpha value is -2.95. The van der Waals surface area contributed by atoms with E-state index in [0.717, 1.165) is 54.0 Å². The summed E-state index contributed by atoms with van der Waals surface area (Å²) in [6, 6.07) is 24.3. The highest BCUT2D eigenvalue weighted by Gasteiger charge is 2.31. The number of fused-ring (bicyclic) bond motifs is 1. The summed E-state index contributed by atoms with van der Waals surface area (Å²) in [4.78, 5) is 2.48. The van der Waals surface area contributed by atoms with Crippen LogP contribution in [0.4, 0.5) is 5.69 Å². The molecule has 3 aromatic carbocycles. The number of hydrogen-bond donors (Lipinski definition) is 0. The Morgan fingerprint density at radius 2 is 1.73 bits per heavy atom. The molecule has 2 aliphatic rings. The summed E-state index contributed by atoms with van der Waals surface area (Å²) in [5.41, 5.74) is 7.27. The van der Waals surface area contributed by atoms with E-state index in [4.69, 9.17) is 33.0 Å². The number of allylic oxidation sites excluding steroid dienone is 1. The van der Waals surface area contributed by atoms with E-state index >= 15 is 0 Å². The van der Waals surface area contributed by atoms with Gasteiger partial charge in [0.05, 0.1) is 25.1 Å². The standard InChI is InChI=1S/C27H25Cl2N3O/c1-33-24-7-2-4-20(14-24)15-27-25-18-32(23-6-3-5-22(29)16-23)30-26(25)12-13-31(27)17-19-8-10-21(28)11-9-19/h2-11,14,16H,12-13,15,17-18H2,1H3. The molecule has 2 heterocycles. The van der Waals surface area contributed by atoms with E-state index in [1.165, 1.54) is 28.1 Å². The van der Waals surface area contributed by atoms with E-state index in [0.29, 0.717) is 0 Å². The second-order valence-electron chi connectivity index (χ2n) is 8.34. The number of benzene rings is 3. The van der Waals surface area contributed by atoms with Crippen molar-refractivity contribution in [1.82, 2.24) is 4.90 Å². The molecule has 2 aliphatic heterocycles. The lowest BCUT2D eigenvalue weighted by Gasteiger charge is -2.33. The summed E-state index contributed by atoms with van der Waals surface area (Å²) < 4.78 is 5.46. The highest BCUT2D eigenvalue weighted by Crippen LogP contribution is 2.33. The van der Waals surface area contributed by atoms with Crippen LogP contribution in [-0.4, -0.2) is 30.8 Å². The molecule has 0 spiro atoms. The van der Waals surface area contributed by atoms with E-state index in [1.807, 2.05) is 42.5 Å². The third-order valence-corrected chi connectivity index (χ3v) is 6.63. The van der Waals surface area contributed by atoms with Gasteiger partial charge in [0.2, 0.25) is 0 Å². The molecular weight excluding hydrogens is 453 g/mol. The molecule has 0 aliphatic carbocycles. The first-order chi connectivity index (χ1) is 16.1. The normalized spacial score (nSPS) is 15.5. The minimum Gasteiger partial charge on any atom is -0.497 e. The molecule has 0 saturated carbocycles. The molecule has 5 rings (SSSR count). The third kappa shape index (κ3) is 4.87. The van der Waals surface area contributed by atoms with Gasteiger partial charge in [0.15, 0.2) is 0 Å². The zero-order valence-electron chi connectivity index (χ0n) is 18.5. The summed E-state index contributed by atoms with van der Waals surface area (Å²) in [6.07, 6.45) is 1.74. The largest absolute Gasteiger partial charge is 0.497 e. The number of methoxy groups -OCH3 is 1. The lowest BCUT2D eigenvalue weighted by atomic mass is 9.95. The second kappa shape index (κ2) is 9.50. The lowest BCUT2D eigenvalue weighted by molar-refractivity contribution is 0.329. The molecule has 3 aromatic rings. The number of rotatable bonds is 6. The van der Waals surface area contributed by atoms with Crippen molar-refractivity contribution in [3.05, 3.63) is 105 Å². The maximum Gasteiger partial charge on any atom is 0.119 e. The molecular formula is C27H25Cl2N3O. The number of hydrogen-bond acceptors (Lipinski definition) is 4. The highest BCUT2D eigenvalue weighted by molar-refractivity contribution is 6.31. The Labute approximate surface area is 204 Å². The van der Waals surface area contributed by atoms with Crippen molar-refractivity contribution in [2.45, 2.75) is 19.4 Å². The average molecular weight is 478 g/mol. The average Bonchev–Trinajstić information content (AvgIpc) is 3.27. The van der Waals surface area contributed by atoms with Gasteiger partial charge in [-0.15, -0.1) is 0 Å². The van der Waals surface area contributed by atoms with Crippen molar-refractivity contribution >= 4 is 34.6 Å². The van der Waals surface area contributed by atoms with Crippen molar-refractivity contribution < 1.29 is 4.74 Å². The Morgan fingerprint density at radius 1 is 0.909 bits per heavy atom. The molecule has 0 unspecified atom stereocenters. The van der Waals surface area contributed by atoms with E-state index in [2.05, 4.69) is 40.2 Å². The Balaban J connectivity index is 1.50. The van der Waals surface area contributed by atoms with Gasteiger partial charge < -0.3 is 9.64 Å². The third-order valence-electron chi connectivity index (χ3n) is 6.14. The molecule has 0 aromatic heterocycles. The van der Waals surface area contributed by atoms with Crippen LogP contribution in [0, 0.1) is 0 Å². The molecule has 0 radical (unpaired) electrons. The highest BCUT2D eigenvalue weighted by atomic mass is 35.5. The molecule has 0 saturated heterocycles. The summed E-state index contributed by atoms with van der Waals surface area (Å²) >= 11 is 12.4. The van der Waals surface area contributed by atoms with Crippen LogP contribution >= 0.6 is 23.2 Å². The fourth-order valence-corrected chi connectivity index (χ4v) is 4.78. The monoisotopic (exact) mass is 477 g/mol. The van der Waals surface area contributed by atoms with Crippen molar-refractivity contribution in [3.8, 4) is 5.75 Å². The minimum absolute atomic E-state index is 0.720. The smallest absolute Gasteiger partial charge is 0.119 e. The molecule has 33 heavy (non-hydrogen) atoms. The fraction of sp³-hybridized carbons (Fsp3) is 0.222. The molecule has 0 N–H and O–H groups in total. The van der Waals surface area contributed by atoms with Crippen molar-refractivity contribution in [1.29, 1.82) is 0 Å². The van der Waals surface area contributed by atoms with Gasteiger partial charge in [0, 0.05) is 47.2 Å². The molecule has 0 fully saturated rings. The Kier molecular flexibility index (Phi) is 6.30. The summed E-state index contributed by atoms with van der Waals surface area (Å²) in [7, 11) is 1.71. The fourth-order valence-electron chi connectivity index (χ4n) is 4.47. The molecule has 168 valence electrons. The van der Waals surface area contributed by atoms with Gasteiger partial charge in [-0.2, -0.15) is 5.10 Å². The van der Waals surface area contributed by atoms with Gasteiger partial charge >= 0.3 is 0 Å². The van der Waals surface area contributed by atoms with Crippen LogP contribution in [0.15, 0.2) is 89.2 Å². The maximum absolute atomic E-state index is 6.25. The molecule has 6 heteroatoms. The zero-order chi connectivity index (χ0) is 22.8. The van der Waals surface area contributed by atoms with Crippen LogP contribution in [0.3, 0.4) is 0 Å². The van der Waals surface area contributed by atoms with Crippen LogP contribution in [0.1, 0.15) is 17.5 Å². The first-order valence-electron chi connectivity index (χ1n) is 11.0. The summed E-state index contributed by atoms with van der Waals surface area (Å²) in [5.74, 6) is 0.874. The van der Waals surface area contributed by atoms with Crippen molar-refractivity contribution in [3.63, 3.8) is 0 Å². The Morgan fingerprint density at radius 3 is 2.52 bits per heavy atom. The predicted octanol–water partition coefficient (Wildman–Crippen LogP) is 6.58. The molecule has 0 atom stereocenters. The number of halogens is 2. The molecule has 0 bridgehead atoms. The predicted molar refractivity (Wildman–Crippen MR) is 136 cm³/mol. The zero-order valence-corrected chi connectivity index (χ0v) is 20.0. The number of anilines is 1. The second-order valence-corrected chi connectivity index (χ2v) is 9.21. The summed E-state index contributed by atoms with van der Waals surface area (Å²) in [6.45, 7) is 2.50. The van der Waals surface area contributed by atoms with Crippen LogP contribution in [0.2, 0.25) is 10.0 Å². The molecule has 4 nitrogen and oxygen atoms in total. The van der Waals surface area contributed by atoms with Gasteiger partial charge in [-0.25, -0.2) is 0 Å². The van der Waals surface area contributed by atoms with Gasteiger partial charge in [-0.1, -0.05) is 53.5 Å². The van der Waals surface area contributed by atoms with E-state index in [1.54, 1.807) is 7.11 Å². The lowest BCUT2D eigenvalue weighted by Crippen LogP contribution is -2.33. The van der Waals surface area contributed by atoms with E-state index < -0.39 is 0 Å². The van der Waals surface area contributed by atoms with Gasteiger partial charge in [0.1, 0.15) is 5.75 Å². The van der Waals surface area contributed by atoms with Gasteiger partial charge in [0.25, 0.3) is 0 Å². The van der Waals surface area contributed by atoms with Gasteiger partial charge in [-0.3, -0.25) is 5.01 Å². The topological polar surface area (TPSA) is 28.1 Å². The van der Waals surface area contributed by atoms with E-state index in [-0.39, 0.29) is 0 Å². The number of hydrazone groups is 1. The quantitative estimate of drug-likeness (QED) is 0.401. The first-order valence-corrected chi connectivity index (χ1v) is 11.8.